The van der Waals surface area contributed by atoms with Crippen molar-refractivity contribution in [1.29, 1.82) is 0 Å². The van der Waals surface area contributed by atoms with Crippen LogP contribution in [-0.2, 0) is 9.53 Å². The van der Waals surface area contributed by atoms with E-state index in [1.54, 1.807) is 29.6 Å². The lowest BCUT2D eigenvalue weighted by molar-refractivity contribution is -0.123. The zero-order valence-corrected chi connectivity index (χ0v) is 16.2. The fraction of sp³-hybridized carbons (Fsp3) is 0.158. The highest BCUT2D eigenvalue weighted by Gasteiger charge is 2.21. The summed E-state index contributed by atoms with van der Waals surface area (Å²) in [4.78, 5) is 40.9. The van der Waals surface area contributed by atoms with Crippen molar-refractivity contribution >= 4 is 46.0 Å². The van der Waals surface area contributed by atoms with Crippen LogP contribution < -0.4 is 5.32 Å². The van der Waals surface area contributed by atoms with Gasteiger partial charge in [-0.3, -0.25) is 9.59 Å². The lowest BCUT2D eigenvalue weighted by Gasteiger charge is -2.13. The van der Waals surface area contributed by atoms with E-state index in [1.807, 2.05) is 17.5 Å². The van der Waals surface area contributed by atoms with Crippen LogP contribution in [0, 0.1) is 0 Å². The van der Waals surface area contributed by atoms with Crippen molar-refractivity contribution in [2.75, 3.05) is 5.32 Å². The first-order valence-corrected chi connectivity index (χ1v) is 9.82. The molecule has 6 nitrogen and oxygen atoms in total. The van der Waals surface area contributed by atoms with Gasteiger partial charge in [-0.15, -0.1) is 22.7 Å². The number of rotatable bonds is 6. The number of thiophene rings is 1. The number of benzene rings is 1. The molecule has 27 heavy (non-hydrogen) atoms. The molecule has 0 spiro atoms. The first kappa shape index (κ1) is 18.9. The standard InChI is InChI=1S/C19H16N2O4S2/c1-11(22)13-5-7-14(8-6-13)20-17(23)12(2)25-19(24)15-10-27-18(21-15)16-4-3-9-26-16/h3-10,12H,1-2H3,(H,20,23). The molecule has 0 aliphatic rings. The zero-order chi connectivity index (χ0) is 19.4. The Morgan fingerprint density at radius 2 is 1.85 bits per heavy atom. The Bertz CT molecular complexity index is 962. The van der Waals surface area contributed by atoms with Gasteiger partial charge in [-0.1, -0.05) is 6.07 Å². The number of carbonyl (C=O) groups is 3. The fourth-order valence-electron chi connectivity index (χ4n) is 2.19. The molecule has 0 aliphatic heterocycles. The van der Waals surface area contributed by atoms with Gasteiger partial charge in [-0.05, 0) is 49.6 Å². The minimum Gasteiger partial charge on any atom is -0.448 e. The molecule has 1 N–H and O–H groups in total. The quantitative estimate of drug-likeness (QED) is 0.494. The van der Waals surface area contributed by atoms with Crippen molar-refractivity contribution < 1.29 is 19.1 Å². The lowest BCUT2D eigenvalue weighted by Crippen LogP contribution is -2.30. The molecule has 1 amide bonds. The molecule has 0 aliphatic carbocycles. The molecule has 0 bridgehead atoms. The van der Waals surface area contributed by atoms with Gasteiger partial charge in [0.05, 0.1) is 4.88 Å². The van der Waals surface area contributed by atoms with Crippen molar-refractivity contribution in [1.82, 2.24) is 4.98 Å². The van der Waals surface area contributed by atoms with E-state index in [0.717, 1.165) is 9.88 Å². The highest BCUT2D eigenvalue weighted by atomic mass is 32.1. The predicted molar refractivity (Wildman–Crippen MR) is 105 cm³/mol. The van der Waals surface area contributed by atoms with E-state index in [0.29, 0.717) is 11.3 Å². The number of aromatic nitrogens is 1. The Labute approximate surface area is 163 Å². The van der Waals surface area contributed by atoms with Crippen LogP contribution in [0.2, 0.25) is 0 Å². The van der Waals surface area contributed by atoms with Crippen LogP contribution in [0.5, 0.6) is 0 Å². The van der Waals surface area contributed by atoms with Crippen LogP contribution in [-0.4, -0.2) is 28.7 Å². The van der Waals surface area contributed by atoms with Gasteiger partial charge in [0.15, 0.2) is 17.6 Å². The number of nitrogens with one attached hydrogen (secondary N) is 1. The summed E-state index contributed by atoms with van der Waals surface area (Å²) in [6.07, 6.45) is -0.989. The lowest BCUT2D eigenvalue weighted by atomic mass is 10.1. The van der Waals surface area contributed by atoms with E-state index < -0.39 is 18.0 Å². The topological polar surface area (TPSA) is 85.4 Å². The van der Waals surface area contributed by atoms with Gasteiger partial charge in [-0.2, -0.15) is 0 Å². The van der Waals surface area contributed by atoms with Crippen LogP contribution in [0.15, 0.2) is 47.2 Å². The van der Waals surface area contributed by atoms with Gasteiger partial charge in [0.25, 0.3) is 5.91 Å². The minimum absolute atomic E-state index is 0.0552. The maximum absolute atomic E-state index is 12.2. The van der Waals surface area contributed by atoms with Crippen LogP contribution in [0.3, 0.4) is 0 Å². The minimum atomic E-state index is -0.989. The van der Waals surface area contributed by atoms with E-state index >= 15 is 0 Å². The molecule has 1 unspecified atom stereocenters. The van der Waals surface area contributed by atoms with E-state index in [1.165, 1.54) is 36.5 Å². The maximum Gasteiger partial charge on any atom is 0.358 e. The molecule has 138 valence electrons. The predicted octanol–water partition coefficient (Wildman–Crippen LogP) is 4.26. The van der Waals surface area contributed by atoms with E-state index in [2.05, 4.69) is 10.3 Å². The summed E-state index contributed by atoms with van der Waals surface area (Å²) in [5.74, 6) is -1.17. The molecule has 2 aromatic heterocycles. The van der Waals surface area contributed by atoms with Crippen molar-refractivity contribution in [3.05, 3.63) is 58.4 Å². The normalized spacial score (nSPS) is 11.6. The molecular weight excluding hydrogens is 384 g/mol. The van der Waals surface area contributed by atoms with Gasteiger partial charge in [-0.25, -0.2) is 9.78 Å². The fourth-order valence-corrected chi connectivity index (χ4v) is 3.79. The average Bonchev–Trinajstić information content (AvgIpc) is 3.33. The summed E-state index contributed by atoms with van der Waals surface area (Å²) in [5, 5.41) is 6.93. The van der Waals surface area contributed by atoms with Gasteiger partial charge in [0, 0.05) is 16.6 Å². The first-order chi connectivity index (χ1) is 12.9. The second-order valence-corrected chi connectivity index (χ2v) is 7.49. The van der Waals surface area contributed by atoms with Gasteiger partial charge in [0.2, 0.25) is 0 Å². The molecule has 0 radical (unpaired) electrons. The van der Waals surface area contributed by atoms with Gasteiger partial charge in [0.1, 0.15) is 5.01 Å². The zero-order valence-electron chi connectivity index (χ0n) is 14.6. The molecule has 0 saturated heterocycles. The number of hydrogen-bond donors (Lipinski definition) is 1. The smallest absolute Gasteiger partial charge is 0.358 e. The van der Waals surface area contributed by atoms with Crippen molar-refractivity contribution in [2.24, 2.45) is 0 Å². The number of carbonyl (C=O) groups excluding carboxylic acids is 3. The Morgan fingerprint density at radius 3 is 2.48 bits per heavy atom. The van der Waals surface area contributed by atoms with Gasteiger partial charge < -0.3 is 10.1 Å². The van der Waals surface area contributed by atoms with E-state index in [9.17, 15) is 14.4 Å². The van der Waals surface area contributed by atoms with Crippen LogP contribution in [0.1, 0.15) is 34.7 Å². The molecule has 8 heteroatoms. The Morgan fingerprint density at radius 1 is 1.11 bits per heavy atom. The third-order valence-corrected chi connectivity index (χ3v) is 5.54. The highest BCUT2D eigenvalue weighted by Crippen LogP contribution is 2.28. The van der Waals surface area contributed by atoms with Crippen molar-refractivity contribution in [2.45, 2.75) is 20.0 Å². The number of hydrogen-bond acceptors (Lipinski definition) is 7. The van der Waals surface area contributed by atoms with E-state index in [4.69, 9.17) is 4.74 Å². The molecule has 0 saturated carbocycles. The van der Waals surface area contributed by atoms with Crippen LogP contribution in [0.25, 0.3) is 9.88 Å². The molecule has 1 atom stereocenters. The largest absolute Gasteiger partial charge is 0.448 e. The SMILES string of the molecule is CC(=O)c1ccc(NC(=O)C(C)OC(=O)c2csc(-c3cccs3)n2)cc1. The molecule has 2 heterocycles. The second-order valence-electron chi connectivity index (χ2n) is 5.69. The number of nitrogens with zero attached hydrogens (tertiary/aromatic N) is 1. The maximum atomic E-state index is 12.2. The van der Waals surface area contributed by atoms with Crippen molar-refractivity contribution in [3.8, 4) is 9.88 Å². The molecule has 0 fully saturated rings. The monoisotopic (exact) mass is 400 g/mol. The summed E-state index contributed by atoms with van der Waals surface area (Å²) in [6.45, 7) is 2.96. The average molecular weight is 400 g/mol. The summed E-state index contributed by atoms with van der Waals surface area (Å²) in [7, 11) is 0. The number of Topliss-reactive ketones (excluding diaryl/α,β-unsaturated/α-hetero) is 1. The number of esters is 1. The van der Waals surface area contributed by atoms with E-state index in [-0.39, 0.29) is 11.5 Å². The van der Waals surface area contributed by atoms with Crippen molar-refractivity contribution in [3.63, 3.8) is 0 Å². The Kier molecular flexibility index (Phi) is 5.78. The molecular formula is C19H16N2O4S2. The number of thiazole rings is 1. The van der Waals surface area contributed by atoms with Gasteiger partial charge >= 0.3 is 5.97 Å². The third kappa shape index (κ3) is 4.66. The van der Waals surface area contributed by atoms with Crippen LogP contribution >= 0.6 is 22.7 Å². The summed E-state index contributed by atoms with van der Waals surface area (Å²) in [6, 6.07) is 10.3. The number of amides is 1. The summed E-state index contributed by atoms with van der Waals surface area (Å²) < 4.78 is 5.21. The molecule has 3 aromatic rings. The third-order valence-electron chi connectivity index (χ3n) is 3.66. The highest BCUT2D eigenvalue weighted by molar-refractivity contribution is 7.20. The Hall–Kier alpha value is -2.84. The number of ether oxygens (including phenoxy) is 1. The number of ketones is 1. The second kappa shape index (κ2) is 8.24. The molecule has 3 rings (SSSR count). The first-order valence-electron chi connectivity index (χ1n) is 8.06. The Balaban J connectivity index is 1.59. The van der Waals surface area contributed by atoms with Crippen LogP contribution in [0.4, 0.5) is 5.69 Å². The molecule has 1 aromatic carbocycles. The summed E-state index contributed by atoms with van der Waals surface area (Å²) >= 11 is 2.88. The number of anilines is 1. The summed E-state index contributed by atoms with van der Waals surface area (Å²) in [5.41, 5.74) is 1.24.